The van der Waals surface area contributed by atoms with Gasteiger partial charge in [0.2, 0.25) is 0 Å². The molecule has 3 nitrogen and oxygen atoms in total. The van der Waals surface area contributed by atoms with E-state index in [0.717, 1.165) is 0 Å². The molecule has 0 fully saturated rings. The van der Waals surface area contributed by atoms with E-state index in [1.807, 2.05) is 19.9 Å². The van der Waals surface area contributed by atoms with E-state index in [2.05, 4.69) is 9.47 Å². The van der Waals surface area contributed by atoms with E-state index in [9.17, 15) is 4.79 Å². The second-order valence-electron chi connectivity index (χ2n) is 2.27. The maximum absolute atomic E-state index is 10.8. The molecule has 0 aliphatic heterocycles. The molecule has 15 heavy (non-hydrogen) atoms. The highest BCUT2D eigenvalue weighted by atomic mass is 16.5. The molecule has 0 atom stereocenters. The monoisotopic (exact) mass is 212 g/mol. The summed E-state index contributed by atoms with van der Waals surface area (Å²) in [5.41, 5.74) is 0.588. The SMILES string of the molecule is CC.COC.COC(=O)c1ccccc1. The van der Waals surface area contributed by atoms with Crippen LogP contribution in [0, 0.1) is 0 Å². The predicted octanol–water partition coefficient (Wildman–Crippen LogP) is 2.76. The van der Waals surface area contributed by atoms with Crippen LogP contribution in [0.2, 0.25) is 0 Å². The van der Waals surface area contributed by atoms with Crippen LogP contribution in [-0.2, 0) is 9.47 Å². The van der Waals surface area contributed by atoms with Gasteiger partial charge in [-0.15, -0.1) is 0 Å². The van der Waals surface area contributed by atoms with Crippen LogP contribution in [0.25, 0.3) is 0 Å². The van der Waals surface area contributed by atoms with Crippen molar-refractivity contribution < 1.29 is 14.3 Å². The van der Waals surface area contributed by atoms with Gasteiger partial charge in [-0.05, 0) is 12.1 Å². The Morgan fingerprint density at radius 2 is 1.40 bits per heavy atom. The van der Waals surface area contributed by atoms with Gasteiger partial charge in [0.25, 0.3) is 0 Å². The number of esters is 1. The Hall–Kier alpha value is -1.35. The molecular formula is C12H20O3. The largest absolute Gasteiger partial charge is 0.465 e. The first-order valence-electron chi connectivity index (χ1n) is 4.79. The fourth-order valence-electron chi connectivity index (χ4n) is 0.692. The van der Waals surface area contributed by atoms with Crippen LogP contribution in [0.5, 0.6) is 0 Å². The molecular weight excluding hydrogens is 192 g/mol. The predicted molar refractivity (Wildman–Crippen MR) is 62.1 cm³/mol. The van der Waals surface area contributed by atoms with Crippen LogP contribution in [-0.4, -0.2) is 27.3 Å². The molecule has 0 saturated carbocycles. The first kappa shape index (κ1) is 16.1. The number of ether oxygens (including phenoxy) is 2. The van der Waals surface area contributed by atoms with Crippen LogP contribution in [0.4, 0.5) is 0 Å². The molecule has 86 valence electrons. The lowest BCUT2D eigenvalue weighted by molar-refractivity contribution is 0.0601. The smallest absolute Gasteiger partial charge is 0.337 e. The Kier molecular flexibility index (Phi) is 13.6. The van der Waals surface area contributed by atoms with E-state index in [1.165, 1.54) is 7.11 Å². The summed E-state index contributed by atoms with van der Waals surface area (Å²) in [6.45, 7) is 4.00. The van der Waals surface area contributed by atoms with Gasteiger partial charge >= 0.3 is 5.97 Å². The van der Waals surface area contributed by atoms with Gasteiger partial charge < -0.3 is 9.47 Å². The number of methoxy groups -OCH3 is 2. The number of benzene rings is 1. The van der Waals surface area contributed by atoms with E-state index < -0.39 is 0 Å². The average molecular weight is 212 g/mol. The van der Waals surface area contributed by atoms with Crippen LogP contribution >= 0.6 is 0 Å². The number of carbonyl (C=O) groups excluding carboxylic acids is 1. The highest BCUT2D eigenvalue weighted by molar-refractivity contribution is 5.89. The number of rotatable bonds is 1. The molecule has 0 unspecified atom stereocenters. The minimum Gasteiger partial charge on any atom is -0.465 e. The lowest BCUT2D eigenvalue weighted by atomic mass is 10.2. The zero-order valence-electron chi connectivity index (χ0n) is 10.1. The molecule has 1 aromatic carbocycles. The molecule has 0 aliphatic rings. The van der Waals surface area contributed by atoms with Crippen molar-refractivity contribution in [1.82, 2.24) is 0 Å². The summed E-state index contributed by atoms with van der Waals surface area (Å²) in [7, 11) is 4.62. The molecule has 0 saturated heterocycles. The van der Waals surface area contributed by atoms with Crippen molar-refractivity contribution in [1.29, 1.82) is 0 Å². The van der Waals surface area contributed by atoms with E-state index in [1.54, 1.807) is 38.5 Å². The van der Waals surface area contributed by atoms with Crippen molar-refractivity contribution in [2.45, 2.75) is 13.8 Å². The molecule has 0 aliphatic carbocycles. The van der Waals surface area contributed by atoms with Crippen molar-refractivity contribution in [3.8, 4) is 0 Å². The Bertz CT molecular complexity index is 232. The molecule has 0 N–H and O–H groups in total. The molecule has 3 heteroatoms. The van der Waals surface area contributed by atoms with Crippen molar-refractivity contribution in [2.24, 2.45) is 0 Å². The normalized spacial score (nSPS) is 7.53. The van der Waals surface area contributed by atoms with Gasteiger partial charge in [0.15, 0.2) is 0 Å². The summed E-state index contributed by atoms with van der Waals surface area (Å²) in [4.78, 5) is 10.8. The zero-order chi connectivity index (χ0) is 12.1. The molecule has 0 radical (unpaired) electrons. The first-order valence-corrected chi connectivity index (χ1v) is 4.79. The average Bonchev–Trinajstić information content (AvgIpc) is 2.33. The Labute approximate surface area is 92.0 Å². The van der Waals surface area contributed by atoms with Gasteiger partial charge in [-0.1, -0.05) is 32.0 Å². The first-order chi connectivity index (χ1) is 7.26. The number of hydrogen-bond acceptors (Lipinski definition) is 3. The molecule has 0 heterocycles. The van der Waals surface area contributed by atoms with Gasteiger partial charge in [-0.3, -0.25) is 0 Å². The third-order valence-corrected chi connectivity index (χ3v) is 1.19. The minimum atomic E-state index is -0.291. The highest BCUT2D eigenvalue weighted by Crippen LogP contribution is 1.98. The van der Waals surface area contributed by atoms with Crippen molar-refractivity contribution in [2.75, 3.05) is 21.3 Å². The maximum atomic E-state index is 10.8. The Morgan fingerprint density at radius 3 is 1.73 bits per heavy atom. The maximum Gasteiger partial charge on any atom is 0.337 e. The van der Waals surface area contributed by atoms with Gasteiger partial charge in [-0.2, -0.15) is 0 Å². The summed E-state index contributed by atoms with van der Waals surface area (Å²) < 4.78 is 8.75. The lowest BCUT2D eigenvalue weighted by Crippen LogP contribution is -1.99. The summed E-state index contributed by atoms with van der Waals surface area (Å²) in [6.07, 6.45) is 0. The van der Waals surface area contributed by atoms with E-state index >= 15 is 0 Å². The quantitative estimate of drug-likeness (QED) is 0.671. The Morgan fingerprint density at radius 1 is 1.00 bits per heavy atom. The van der Waals surface area contributed by atoms with Crippen LogP contribution < -0.4 is 0 Å². The third kappa shape index (κ3) is 8.97. The van der Waals surface area contributed by atoms with Crippen LogP contribution in [0.3, 0.4) is 0 Å². The standard InChI is InChI=1S/C8H8O2.C2H6O.C2H6/c1-10-8(9)7-5-3-2-4-6-7;1-3-2;1-2/h2-6H,1H3;1-2H3;1-2H3. The molecule has 0 aromatic heterocycles. The molecule has 0 spiro atoms. The number of carbonyl (C=O) groups is 1. The fourth-order valence-corrected chi connectivity index (χ4v) is 0.692. The third-order valence-electron chi connectivity index (χ3n) is 1.19. The summed E-state index contributed by atoms with van der Waals surface area (Å²) in [5, 5.41) is 0. The molecule has 1 aromatic rings. The molecule has 0 bridgehead atoms. The zero-order valence-corrected chi connectivity index (χ0v) is 10.1. The summed E-state index contributed by atoms with van der Waals surface area (Å²) in [5.74, 6) is -0.291. The van der Waals surface area contributed by atoms with Crippen LogP contribution in [0.1, 0.15) is 24.2 Å². The van der Waals surface area contributed by atoms with Gasteiger partial charge in [0.1, 0.15) is 0 Å². The van der Waals surface area contributed by atoms with E-state index in [4.69, 9.17) is 0 Å². The fraction of sp³-hybridized carbons (Fsp3) is 0.417. The Balaban J connectivity index is 0. The number of hydrogen-bond donors (Lipinski definition) is 0. The summed E-state index contributed by atoms with van der Waals surface area (Å²) in [6, 6.07) is 8.88. The van der Waals surface area contributed by atoms with E-state index in [0.29, 0.717) is 5.56 Å². The second-order valence-corrected chi connectivity index (χ2v) is 2.27. The lowest BCUT2D eigenvalue weighted by Gasteiger charge is -1.95. The minimum absolute atomic E-state index is 0.291. The molecule has 0 amide bonds. The molecule has 1 rings (SSSR count). The topological polar surface area (TPSA) is 35.5 Å². The second kappa shape index (κ2) is 12.7. The van der Waals surface area contributed by atoms with Crippen molar-refractivity contribution >= 4 is 5.97 Å². The summed E-state index contributed by atoms with van der Waals surface area (Å²) >= 11 is 0. The van der Waals surface area contributed by atoms with Crippen molar-refractivity contribution in [3.63, 3.8) is 0 Å². The van der Waals surface area contributed by atoms with Gasteiger partial charge in [-0.25, -0.2) is 4.79 Å². The van der Waals surface area contributed by atoms with Crippen molar-refractivity contribution in [3.05, 3.63) is 35.9 Å². The van der Waals surface area contributed by atoms with Gasteiger partial charge in [0, 0.05) is 14.2 Å². The van der Waals surface area contributed by atoms with Gasteiger partial charge in [0.05, 0.1) is 12.7 Å². The highest BCUT2D eigenvalue weighted by Gasteiger charge is 2.00. The van der Waals surface area contributed by atoms with Crippen LogP contribution in [0.15, 0.2) is 30.3 Å². The van der Waals surface area contributed by atoms with E-state index in [-0.39, 0.29) is 5.97 Å².